The Labute approximate surface area is 141 Å². The molecule has 0 aliphatic carbocycles. The molecule has 2 N–H and O–H groups in total. The van der Waals surface area contributed by atoms with Gasteiger partial charge in [0.1, 0.15) is 5.75 Å². The van der Waals surface area contributed by atoms with Gasteiger partial charge in [-0.15, -0.1) is 0 Å². The predicted octanol–water partition coefficient (Wildman–Crippen LogP) is 3.34. The molecule has 0 atom stereocenters. The monoisotopic (exact) mass is 327 g/mol. The zero-order chi connectivity index (χ0) is 17.5. The van der Waals surface area contributed by atoms with E-state index in [1.807, 2.05) is 32.0 Å². The third kappa shape index (κ3) is 5.12. The first-order valence-electron chi connectivity index (χ1n) is 7.75. The Kier molecular flexibility index (Phi) is 5.95. The van der Waals surface area contributed by atoms with Crippen LogP contribution in [0.3, 0.4) is 0 Å². The first-order chi connectivity index (χ1) is 11.5. The van der Waals surface area contributed by atoms with Gasteiger partial charge in [0.2, 0.25) is 5.91 Å². The lowest BCUT2D eigenvalue weighted by atomic mass is 10.1. The normalized spacial score (nSPS) is 10.2. The lowest BCUT2D eigenvalue weighted by Gasteiger charge is -2.12. The fourth-order valence-corrected chi connectivity index (χ4v) is 2.29. The van der Waals surface area contributed by atoms with Crippen molar-refractivity contribution in [1.82, 2.24) is 0 Å². The van der Waals surface area contributed by atoms with Gasteiger partial charge in [0.15, 0.2) is 0 Å². The van der Waals surface area contributed by atoms with Crippen LogP contribution >= 0.6 is 0 Å². The second kappa shape index (κ2) is 8.15. The van der Waals surface area contributed by atoms with Crippen molar-refractivity contribution in [3.05, 3.63) is 59.2 Å². The maximum Gasteiger partial charge on any atom is 0.307 e. The number of carbonyl (C=O) groups is 2. The van der Waals surface area contributed by atoms with Crippen molar-refractivity contribution in [3.63, 3.8) is 0 Å². The molecule has 0 spiro atoms. The zero-order valence-corrected chi connectivity index (χ0v) is 13.8. The Morgan fingerprint density at radius 3 is 2.62 bits per heavy atom. The summed E-state index contributed by atoms with van der Waals surface area (Å²) in [5.74, 6) is -0.373. The highest BCUT2D eigenvalue weighted by Crippen LogP contribution is 2.19. The van der Waals surface area contributed by atoms with Gasteiger partial charge in [0, 0.05) is 5.69 Å². The number of aliphatic carboxylic acids is 1. The summed E-state index contributed by atoms with van der Waals surface area (Å²) in [5, 5.41) is 11.7. The average molecular weight is 327 g/mol. The molecule has 0 bridgehead atoms. The van der Waals surface area contributed by atoms with E-state index in [9.17, 15) is 9.59 Å². The second-order valence-corrected chi connectivity index (χ2v) is 5.64. The van der Waals surface area contributed by atoms with Crippen molar-refractivity contribution in [3.8, 4) is 5.75 Å². The third-order valence-electron chi connectivity index (χ3n) is 3.56. The Morgan fingerprint density at radius 1 is 1.12 bits per heavy atom. The number of carboxylic acid groups (broad SMARTS) is 1. The summed E-state index contributed by atoms with van der Waals surface area (Å²) in [6.07, 6.45) is 0.0597. The lowest BCUT2D eigenvalue weighted by molar-refractivity contribution is -0.136. The number of para-hydroxylation sites is 1. The molecule has 0 fully saturated rings. The topological polar surface area (TPSA) is 75.6 Å². The Morgan fingerprint density at radius 2 is 1.88 bits per heavy atom. The molecule has 2 aromatic carbocycles. The van der Waals surface area contributed by atoms with Crippen LogP contribution in [0.15, 0.2) is 42.5 Å². The molecule has 0 heterocycles. The van der Waals surface area contributed by atoms with Crippen molar-refractivity contribution < 1.29 is 19.4 Å². The quantitative estimate of drug-likeness (QED) is 0.818. The van der Waals surface area contributed by atoms with Gasteiger partial charge in [-0.05, 0) is 42.7 Å². The van der Waals surface area contributed by atoms with E-state index in [0.29, 0.717) is 11.3 Å². The number of benzene rings is 2. The third-order valence-corrected chi connectivity index (χ3v) is 3.56. The molecule has 0 aliphatic heterocycles. The molecule has 0 aromatic heterocycles. The minimum atomic E-state index is -0.935. The van der Waals surface area contributed by atoms with Gasteiger partial charge in [-0.2, -0.15) is 0 Å². The number of aryl methyl sites for hydroxylation is 2. The van der Waals surface area contributed by atoms with Crippen LogP contribution < -0.4 is 10.1 Å². The van der Waals surface area contributed by atoms with Gasteiger partial charge in [-0.25, -0.2) is 0 Å². The molecule has 1 amide bonds. The van der Waals surface area contributed by atoms with Gasteiger partial charge in [-0.3, -0.25) is 9.59 Å². The molecule has 2 rings (SSSR count). The molecule has 0 radical (unpaired) electrons. The van der Waals surface area contributed by atoms with Crippen LogP contribution in [0.5, 0.6) is 5.75 Å². The zero-order valence-electron chi connectivity index (χ0n) is 13.8. The highest BCUT2D eigenvalue weighted by molar-refractivity contribution is 5.92. The number of hydrogen-bond donors (Lipinski definition) is 2. The number of carbonyl (C=O) groups excluding carboxylic acids is 1. The van der Waals surface area contributed by atoms with E-state index in [1.165, 1.54) is 0 Å². The van der Waals surface area contributed by atoms with Gasteiger partial charge < -0.3 is 15.2 Å². The van der Waals surface area contributed by atoms with Crippen molar-refractivity contribution in [1.29, 1.82) is 0 Å². The van der Waals surface area contributed by atoms with E-state index in [1.54, 1.807) is 24.3 Å². The van der Waals surface area contributed by atoms with Crippen LogP contribution in [-0.4, -0.2) is 23.6 Å². The molecule has 5 heteroatoms. The summed E-state index contributed by atoms with van der Waals surface area (Å²) in [4.78, 5) is 22.9. The number of anilines is 1. The van der Waals surface area contributed by atoms with Gasteiger partial charge >= 0.3 is 5.97 Å². The van der Waals surface area contributed by atoms with Crippen LogP contribution in [0, 0.1) is 13.8 Å². The first kappa shape index (κ1) is 17.5. The summed E-state index contributed by atoms with van der Waals surface area (Å²) >= 11 is 0. The average Bonchev–Trinajstić information content (AvgIpc) is 2.52. The number of nitrogens with one attached hydrogen (secondary N) is 1. The van der Waals surface area contributed by atoms with Crippen molar-refractivity contribution in [2.24, 2.45) is 0 Å². The Hall–Kier alpha value is -2.82. The Bertz CT molecular complexity index is 740. The molecule has 2 aromatic rings. The number of carboxylic acids is 1. The smallest absolute Gasteiger partial charge is 0.307 e. The van der Waals surface area contributed by atoms with Gasteiger partial charge in [-0.1, -0.05) is 30.3 Å². The maximum absolute atomic E-state index is 12.1. The number of hydrogen-bond acceptors (Lipinski definition) is 3. The first-order valence-corrected chi connectivity index (χ1v) is 7.75. The summed E-state index contributed by atoms with van der Waals surface area (Å²) in [6, 6.07) is 12.8. The Balaban J connectivity index is 1.90. The predicted molar refractivity (Wildman–Crippen MR) is 92.4 cm³/mol. The molecule has 0 saturated carbocycles. The maximum atomic E-state index is 12.1. The molecule has 5 nitrogen and oxygen atoms in total. The summed E-state index contributed by atoms with van der Waals surface area (Å²) < 4.78 is 5.67. The van der Waals surface area contributed by atoms with E-state index in [0.717, 1.165) is 16.9 Å². The fourth-order valence-electron chi connectivity index (χ4n) is 2.29. The minimum Gasteiger partial charge on any atom is -0.493 e. The molecular formula is C19H21NO4. The van der Waals surface area contributed by atoms with Gasteiger partial charge in [0.25, 0.3) is 0 Å². The van der Waals surface area contributed by atoms with Crippen LogP contribution in [0.2, 0.25) is 0 Å². The van der Waals surface area contributed by atoms with E-state index >= 15 is 0 Å². The highest BCUT2D eigenvalue weighted by Gasteiger charge is 2.10. The van der Waals surface area contributed by atoms with E-state index in [-0.39, 0.29) is 25.4 Å². The second-order valence-electron chi connectivity index (χ2n) is 5.64. The molecule has 0 unspecified atom stereocenters. The van der Waals surface area contributed by atoms with Crippen molar-refractivity contribution in [2.45, 2.75) is 26.7 Å². The van der Waals surface area contributed by atoms with Crippen molar-refractivity contribution >= 4 is 17.6 Å². The fraction of sp³-hybridized carbons (Fsp3) is 0.263. The summed E-state index contributed by atoms with van der Waals surface area (Å²) in [5.41, 5.74) is 3.22. The highest BCUT2D eigenvalue weighted by atomic mass is 16.5. The van der Waals surface area contributed by atoms with Crippen LogP contribution in [0.4, 0.5) is 5.69 Å². The van der Waals surface area contributed by atoms with Crippen LogP contribution in [0.1, 0.15) is 23.1 Å². The van der Waals surface area contributed by atoms with E-state index < -0.39 is 5.97 Å². The van der Waals surface area contributed by atoms with E-state index in [2.05, 4.69) is 5.32 Å². The summed E-state index contributed by atoms with van der Waals surface area (Å²) in [6.45, 7) is 4.20. The van der Waals surface area contributed by atoms with Crippen molar-refractivity contribution in [2.75, 3.05) is 11.9 Å². The molecule has 0 saturated heterocycles. The number of ether oxygens (including phenoxy) is 1. The molecule has 0 aliphatic rings. The number of amides is 1. The minimum absolute atomic E-state index is 0.130. The number of rotatable bonds is 7. The largest absolute Gasteiger partial charge is 0.493 e. The van der Waals surface area contributed by atoms with Crippen LogP contribution in [-0.2, 0) is 16.0 Å². The van der Waals surface area contributed by atoms with E-state index in [4.69, 9.17) is 9.84 Å². The SMILES string of the molecule is Cc1ccc(C)c(OCCC(=O)Nc2ccccc2CC(=O)O)c1. The molecular weight excluding hydrogens is 306 g/mol. The molecule has 24 heavy (non-hydrogen) atoms. The van der Waals surface area contributed by atoms with Crippen LogP contribution in [0.25, 0.3) is 0 Å². The summed E-state index contributed by atoms with van der Waals surface area (Å²) in [7, 11) is 0. The standard InChI is InChI=1S/C19H21NO4/c1-13-7-8-14(2)17(11-13)24-10-9-18(21)20-16-6-4-3-5-15(16)12-19(22)23/h3-8,11H,9-10,12H2,1-2H3,(H,20,21)(H,22,23). The molecule has 126 valence electrons. The van der Waals surface area contributed by atoms with Gasteiger partial charge in [0.05, 0.1) is 19.4 Å². The lowest BCUT2D eigenvalue weighted by Crippen LogP contribution is -2.17.